The number of aliphatic hydroxyl groups excluding tert-OH is 1. The molecule has 0 radical (unpaired) electrons. The lowest BCUT2D eigenvalue weighted by atomic mass is 9.95. The van der Waals surface area contributed by atoms with E-state index in [0.29, 0.717) is 12.2 Å². The Balaban J connectivity index is 1.74. The minimum Gasteiger partial charge on any atom is -0.491 e. The van der Waals surface area contributed by atoms with Gasteiger partial charge in [0.25, 0.3) is 5.56 Å². The molecule has 6 nitrogen and oxygen atoms in total. The van der Waals surface area contributed by atoms with Gasteiger partial charge in [-0.05, 0) is 68.1 Å². The highest BCUT2D eigenvalue weighted by Crippen LogP contribution is 2.45. The van der Waals surface area contributed by atoms with E-state index in [4.69, 9.17) is 9.47 Å². The number of aryl methyl sites for hydroxylation is 1. The normalized spacial score (nSPS) is 24.2. The maximum Gasteiger partial charge on any atom is 0.297 e. The zero-order chi connectivity index (χ0) is 21.9. The lowest BCUT2D eigenvalue weighted by molar-refractivity contribution is 0.0192. The molecule has 1 fully saturated rings. The standard InChI is InChI=1S/C23H33NO5Si/c1-16-19(29-20(12-14-25)22(16)30(3,4)27)11-10-17-7-5-8-18(15-17)24-13-6-9-21(28-2)23(24)26/h5-9,13,15-16,19-20,22,25,27H,10-12,14H2,1-4H3/t16-,19+,20-,22+/m0/s1. The van der Waals surface area contributed by atoms with Crippen LogP contribution in [-0.2, 0) is 11.2 Å². The van der Waals surface area contributed by atoms with Crippen LogP contribution in [0.5, 0.6) is 5.75 Å². The van der Waals surface area contributed by atoms with Gasteiger partial charge in [0.05, 0.1) is 19.3 Å². The van der Waals surface area contributed by atoms with Gasteiger partial charge >= 0.3 is 0 Å². The first-order valence-electron chi connectivity index (χ1n) is 10.6. The summed E-state index contributed by atoms with van der Waals surface area (Å²) in [6.45, 7) is 6.14. The van der Waals surface area contributed by atoms with E-state index in [-0.39, 0.29) is 35.8 Å². The summed E-state index contributed by atoms with van der Waals surface area (Å²) in [5.41, 5.74) is 1.86. The van der Waals surface area contributed by atoms with Crippen molar-refractivity contribution in [1.82, 2.24) is 4.57 Å². The molecule has 2 aromatic rings. The second kappa shape index (κ2) is 9.47. The number of rotatable bonds is 8. The number of benzene rings is 1. The van der Waals surface area contributed by atoms with Gasteiger partial charge in [0.2, 0.25) is 0 Å². The maximum atomic E-state index is 12.5. The molecule has 0 spiro atoms. The van der Waals surface area contributed by atoms with Gasteiger partial charge in [0.15, 0.2) is 14.1 Å². The summed E-state index contributed by atoms with van der Waals surface area (Å²) < 4.78 is 13.0. The summed E-state index contributed by atoms with van der Waals surface area (Å²) in [6, 6.07) is 11.4. The molecule has 0 aliphatic carbocycles. The number of nitrogens with zero attached hydrogens (tertiary/aromatic N) is 1. The van der Waals surface area contributed by atoms with Crippen LogP contribution in [0.15, 0.2) is 47.4 Å². The molecule has 4 atom stereocenters. The van der Waals surface area contributed by atoms with Crippen LogP contribution >= 0.6 is 0 Å². The number of aliphatic hydroxyl groups is 1. The predicted molar refractivity (Wildman–Crippen MR) is 120 cm³/mol. The van der Waals surface area contributed by atoms with Crippen molar-refractivity contribution < 1.29 is 19.4 Å². The molecular formula is C23H33NO5Si. The molecule has 0 saturated carbocycles. The first-order chi connectivity index (χ1) is 14.3. The number of aromatic nitrogens is 1. The van der Waals surface area contributed by atoms with Gasteiger partial charge in [-0.2, -0.15) is 0 Å². The van der Waals surface area contributed by atoms with Crippen molar-refractivity contribution in [3.63, 3.8) is 0 Å². The predicted octanol–water partition coefficient (Wildman–Crippen LogP) is 3.13. The molecule has 1 aliphatic rings. The Bertz CT molecular complexity index is 907. The molecule has 2 N–H and O–H groups in total. The highest BCUT2D eigenvalue weighted by Gasteiger charge is 2.49. The Morgan fingerprint density at radius 3 is 2.60 bits per heavy atom. The minimum atomic E-state index is -2.39. The lowest BCUT2D eigenvalue weighted by Crippen LogP contribution is -2.40. The monoisotopic (exact) mass is 431 g/mol. The molecule has 0 unspecified atom stereocenters. The highest BCUT2D eigenvalue weighted by atomic mass is 28.4. The maximum absolute atomic E-state index is 12.5. The molecule has 0 bridgehead atoms. The smallest absolute Gasteiger partial charge is 0.297 e. The summed E-state index contributed by atoms with van der Waals surface area (Å²) in [7, 11) is -0.898. The van der Waals surface area contributed by atoms with E-state index in [1.54, 1.807) is 22.9 Å². The molecule has 0 amide bonds. The number of pyridine rings is 1. The Labute approximate surface area is 179 Å². The molecule has 7 heteroatoms. The lowest BCUT2D eigenvalue weighted by Gasteiger charge is -2.30. The van der Waals surface area contributed by atoms with Gasteiger partial charge in [-0.15, -0.1) is 0 Å². The fourth-order valence-electron chi connectivity index (χ4n) is 4.81. The molecule has 1 aromatic carbocycles. The minimum absolute atomic E-state index is 0.0497. The van der Waals surface area contributed by atoms with Crippen molar-refractivity contribution in [2.75, 3.05) is 13.7 Å². The van der Waals surface area contributed by atoms with Crippen LogP contribution in [0.3, 0.4) is 0 Å². The summed E-state index contributed by atoms with van der Waals surface area (Å²) in [5, 5.41) is 9.41. The SMILES string of the molecule is COc1cccn(-c2cccc(CC[C@H]3O[C@@H](CCO)[C@H]([Si](C)(C)O)[C@H]3C)c2)c1=O. The largest absolute Gasteiger partial charge is 0.491 e. The fraction of sp³-hybridized carbons (Fsp3) is 0.522. The third kappa shape index (κ3) is 4.86. The van der Waals surface area contributed by atoms with Gasteiger partial charge in [-0.3, -0.25) is 9.36 Å². The van der Waals surface area contributed by atoms with Gasteiger partial charge in [-0.1, -0.05) is 19.1 Å². The summed E-state index contributed by atoms with van der Waals surface area (Å²) in [6.07, 6.45) is 3.92. The fourth-order valence-corrected chi connectivity index (χ4v) is 7.47. The Kier molecular flexibility index (Phi) is 7.18. The molecule has 30 heavy (non-hydrogen) atoms. The first-order valence-corrected chi connectivity index (χ1v) is 13.6. The van der Waals surface area contributed by atoms with Crippen LogP contribution in [0, 0.1) is 5.92 Å². The van der Waals surface area contributed by atoms with Gasteiger partial charge in [0, 0.05) is 24.0 Å². The van der Waals surface area contributed by atoms with E-state index in [0.717, 1.165) is 24.1 Å². The molecule has 1 aliphatic heterocycles. The Morgan fingerprint density at radius 1 is 1.17 bits per heavy atom. The van der Waals surface area contributed by atoms with E-state index in [2.05, 4.69) is 13.0 Å². The van der Waals surface area contributed by atoms with Crippen LogP contribution in [0.1, 0.15) is 25.3 Å². The van der Waals surface area contributed by atoms with Crippen molar-refractivity contribution in [3.8, 4) is 11.4 Å². The van der Waals surface area contributed by atoms with Crippen LogP contribution < -0.4 is 10.3 Å². The third-order valence-electron chi connectivity index (χ3n) is 6.17. The number of ether oxygens (including phenoxy) is 2. The van der Waals surface area contributed by atoms with Crippen molar-refractivity contribution in [3.05, 3.63) is 58.5 Å². The van der Waals surface area contributed by atoms with Crippen molar-refractivity contribution in [1.29, 1.82) is 0 Å². The molecule has 3 rings (SSSR count). The topological polar surface area (TPSA) is 80.9 Å². The van der Waals surface area contributed by atoms with Crippen molar-refractivity contribution in [2.24, 2.45) is 5.92 Å². The summed E-state index contributed by atoms with van der Waals surface area (Å²) in [5.74, 6) is 0.560. The van der Waals surface area contributed by atoms with Crippen LogP contribution in [0.4, 0.5) is 0 Å². The average molecular weight is 432 g/mol. The van der Waals surface area contributed by atoms with E-state index in [1.165, 1.54) is 7.11 Å². The second-order valence-corrected chi connectivity index (χ2v) is 12.7. The quantitative estimate of drug-likeness (QED) is 0.628. The molecular weight excluding hydrogens is 398 g/mol. The van der Waals surface area contributed by atoms with E-state index < -0.39 is 8.32 Å². The first kappa shape index (κ1) is 22.7. The third-order valence-corrected chi connectivity index (χ3v) is 8.70. The average Bonchev–Trinajstić information content (AvgIpc) is 3.02. The number of methoxy groups -OCH3 is 1. The van der Waals surface area contributed by atoms with E-state index in [1.807, 2.05) is 31.3 Å². The zero-order valence-corrected chi connectivity index (χ0v) is 19.2. The second-order valence-electron chi connectivity index (χ2n) is 8.72. The van der Waals surface area contributed by atoms with Gasteiger partial charge in [-0.25, -0.2) is 0 Å². The summed E-state index contributed by atoms with van der Waals surface area (Å²) in [4.78, 5) is 23.3. The molecule has 1 aromatic heterocycles. The highest BCUT2D eigenvalue weighted by molar-refractivity contribution is 6.71. The molecule has 2 heterocycles. The Hall–Kier alpha value is -1.93. The molecule has 1 saturated heterocycles. The van der Waals surface area contributed by atoms with Crippen LogP contribution in [-0.4, -0.2) is 48.7 Å². The van der Waals surface area contributed by atoms with Crippen molar-refractivity contribution in [2.45, 2.75) is 57.0 Å². The van der Waals surface area contributed by atoms with Crippen molar-refractivity contribution >= 4 is 8.32 Å². The Morgan fingerprint density at radius 2 is 1.93 bits per heavy atom. The molecule has 164 valence electrons. The van der Waals surface area contributed by atoms with Gasteiger partial charge in [0.1, 0.15) is 0 Å². The number of hydrogen-bond acceptors (Lipinski definition) is 5. The van der Waals surface area contributed by atoms with Gasteiger partial charge < -0.3 is 19.4 Å². The summed E-state index contributed by atoms with van der Waals surface area (Å²) >= 11 is 0. The van der Waals surface area contributed by atoms with E-state index >= 15 is 0 Å². The van der Waals surface area contributed by atoms with Crippen LogP contribution in [0.25, 0.3) is 5.69 Å². The van der Waals surface area contributed by atoms with E-state index in [9.17, 15) is 14.7 Å². The number of hydrogen-bond donors (Lipinski definition) is 2. The zero-order valence-electron chi connectivity index (χ0n) is 18.2. The van der Waals surface area contributed by atoms with Crippen LogP contribution in [0.2, 0.25) is 18.6 Å².